The monoisotopic (exact) mass is 674 g/mol. The highest BCUT2D eigenvalue weighted by Gasteiger charge is 2.37. The minimum Gasteiger partial charge on any atom is -0.425 e. The topological polar surface area (TPSA) is 104 Å². The molecule has 0 spiro atoms. The molecule has 4 rings (SSSR count). The van der Waals surface area contributed by atoms with Gasteiger partial charge in [0.2, 0.25) is 5.91 Å². The number of hydrogen-bond acceptors (Lipinski definition) is 7. The maximum absolute atomic E-state index is 14.0. The van der Waals surface area contributed by atoms with Crippen molar-refractivity contribution < 1.29 is 41.7 Å². The molecule has 1 aliphatic heterocycles. The lowest BCUT2D eigenvalue weighted by Gasteiger charge is -2.26. The smallest absolute Gasteiger partial charge is 0.425 e. The SMILES string of the molecule is CNC(=O)CN(CC1COC(C)(C)O1)C(=O)c1c(Br)nc(Oc2cccc(OC(F)(F)F)c2)n1Cc1ccc(Cl)cc1. The molecule has 1 N–H and O–H groups in total. The molecule has 1 aromatic heterocycles. The average molecular weight is 676 g/mol. The fourth-order valence-electron chi connectivity index (χ4n) is 4.17. The van der Waals surface area contributed by atoms with Crippen LogP contribution in [-0.2, 0) is 20.8 Å². The number of amides is 2. The van der Waals surface area contributed by atoms with E-state index in [1.807, 2.05) is 0 Å². The summed E-state index contributed by atoms with van der Waals surface area (Å²) in [6.45, 7) is 3.50. The van der Waals surface area contributed by atoms with Crippen LogP contribution in [0.4, 0.5) is 13.2 Å². The zero-order chi connectivity index (χ0) is 30.7. The number of benzene rings is 2. The first-order chi connectivity index (χ1) is 19.7. The Morgan fingerprint density at radius 1 is 1.21 bits per heavy atom. The first-order valence-corrected chi connectivity index (χ1v) is 13.8. The van der Waals surface area contributed by atoms with Gasteiger partial charge in [-0.05, 0) is 59.6 Å². The first-order valence-electron chi connectivity index (χ1n) is 12.6. The van der Waals surface area contributed by atoms with Crippen LogP contribution in [0.15, 0.2) is 53.1 Å². The second-order valence-electron chi connectivity index (χ2n) is 9.68. The predicted molar refractivity (Wildman–Crippen MR) is 149 cm³/mol. The molecule has 10 nitrogen and oxygen atoms in total. The van der Waals surface area contributed by atoms with Crippen molar-refractivity contribution >= 4 is 39.3 Å². The Hall–Kier alpha value is -3.33. The van der Waals surface area contributed by atoms with Gasteiger partial charge < -0.3 is 29.2 Å². The third-order valence-corrected chi connectivity index (χ3v) is 6.79. The number of carbonyl (C=O) groups excluding carboxylic acids is 2. The Morgan fingerprint density at radius 3 is 2.52 bits per heavy atom. The highest BCUT2D eigenvalue weighted by Crippen LogP contribution is 2.33. The molecule has 42 heavy (non-hydrogen) atoms. The standard InChI is InChI=1S/C27H27BrClF3N4O6/c1-26(2)39-15-20(41-26)13-35(14-21(37)33-3)24(38)22-23(28)34-25(36(22)12-16-7-9-17(29)10-8-16)40-18-5-4-6-19(11-18)42-27(30,31)32/h4-11,20H,12-15H2,1-3H3,(H,33,37). The number of ether oxygens (including phenoxy) is 4. The number of carbonyl (C=O) groups is 2. The minimum atomic E-state index is -4.90. The zero-order valence-electron chi connectivity index (χ0n) is 22.7. The largest absolute Gasteiger partial charge is 0.573 e. The van der Waals surface area contributed by atoms with Crippen LogP contribution < -0.4 is 14.8 Å². The normalized spacial score (nSPS) is 16.2. The molecule has 1 aliphatic rings. The summed E-state index contributed by atoms with van der Waals surface area (Å²) in [5.74, 6) is -2.37. The van der Waals surface area contributed by atoms with Crippen molar-refractivity contribution in [3.05, 3.63) is 69.4 Å². The lowest BCUT2D eigenvalue weighted by molar-refractivity contribution is -0.274. The van der Waals surface area contributed by atoms with Crippen LogP contribution in [0.25, 0.3) is 0 Å². The van der Waals surface area contributed by atoms with Gasteiger partial charge in [-0.1, -0.05) is 29.8 Å². The Bertz CT molecular complexity index is 1430. The highest BCUT2D eigenvalue weighted by atomic mass is 79.9. The fraction of sp³-hybridized carbons (Fsp3) is 0.370. The van der Waals surface area contributed by atoms with E-state index in [1.54, 1.807) is 38.1 Å². The van der Waals surface area contributed by atoms with Crippen LogP contribution in [-0.4, -0.2) is 71.3 Å². The number of nitrogens with zero attached hydrogens (tertiary/aromatic N) is 3. The Balaban J connectivity index is 1.72. The molecule has 0 radical (unpaired) electrons. The van der Waals surface area contributed by atoms with E-state index >= 15 is 0 Å². The van der Waals surface area contributed by atoms with Crippen LogP contribution in [0.2, 0.25) is 5.02 Å². The number of alkyl halides is 3. The number of rotatable bonds is 10. The molecule has 2 amide bonds. The number of nitrogens with one attached hydrogen (secondary N) is 1. The van der Waals surface area contributed by atoms with Gasteiger partial charge in [0.05, 0.1) is 26.2 Å². The molecule has 1 fully saturated rings. The van der Waals surface area contributed by atoms with Crippen LogP contribution in [0.5, 0.6) is 17.5 Å². The molecule has 2 heterocycles. The van der Waals surface area contributed by atoms with Crippen molar-refractivity contribution in [3.63, 3.8) is 0 Å². The molecule has 2 aromatic carbocycles. The summed E-state index contributed by atoms with van der Waals surface area (Å²) in [6, 6.07) is 11.6. The number of imidazole rings is 1. The maximum Gasteiger partial charge on any atom is 0.573 e. The van der Waals surface area contributed by atoms with Crippen molar-refractivity contribution in [2.45, 2.75) is 38.6 Å². The van der Waals surface area contributed by atoms with Crippen molar-refractivity contribution in [1.29, 1.82) is 0 Å². The van der Waals surface area contributed by atoms with E-state index in [-0.39, 0.29) is 48.3 Å². The van der Waals surface area contributed by atoms with E-state index in [0.717, 1.165) is 12.1 Å². The van der Waals surface area contributed by atoms with Crippen molar-refractivity contribution in [1.82, 2.24) is 19.8 Å². The van der Waals surface area contributed by atoms with Crippen molar-refractivity contribution in [2.24, 2.45) is 0 Å². The van der Waals surface area contributed by atoms with E-state index < -0.39 is 35.8 Å². The first kappa shape index (κ1) is 31.6. The average Bonchev–Trinajstić information content (AvgIpc) is 3.40. The number of likely N-dealkylation sites (N-methyl/N-ethyl adjacent to an activating group) is 1. The van der Waals surface area contributed by atoms with Gasteiger partial charge in [0.15, 0.2) is 5.79 Å². The second-order valence-corrected chi connectivity index (χ2v) is 10.9. The van der Waals surface area contributed by atoms with Crippen LogP contribution in [0.1, 0.15) is 29.9 Å². The highest BCUT2D eigenvalue weighted by molar-refractivity contribution is 9.10. The van der Waals surface area contributed by atoms with Gasteiger partial charge in [0.25, 0.3) is 5.91 Å². The fourth-order valence-corrected chi connectivity index (χ4v) is 4.83. The molecule has 1 saturated heterocycles. The molecular weight excluding hydrogens is 649 g/mol. The van der Waals surface area contributed by atoms with E-state index in [0.29, 0.717) is 10.6 Å². The molecule has 1 atom stereocenters. The van der Waals surface area contributed by atoms with Crippen LogP contribution in [0.3, 0.4) is 0 Å². The van der Waals surface area contributed by atoms with Crippen molar-refractivity contribution in [2.75, 3.05) is 26.7 Å². The van der Waals surface area contributed by atoms with Gasteiger partial charge in [0.1, 0.15) is 27.9 Å². The Morgan fingerprint density at radius 2 is 1.90 bits per heavy atom. The number of hydrogen-bond donors (Lipinski definition) is 1. The summed E-state index contributed by atoms with van der Waals surface area (Å²) < 4.78 is 61.2. The third kappa shape index (κ3) is 8.37. The van der Waals surface area contributed by atoms with E-state index in [2.05, 4.69) is 31.0 Å². The van der Waals surface area contributed by atoms with Crippen molar-refractivity contribution in [3.8, 4) is 17.5 Å². The summed E-state index contributed by atoms with van der Waals surface area (Å²) in [7, 11) is 1.45. The van der Waals surface area contributed by atoms with E-state index in [1.165, 1.54) is 28.6 Å². The molecule has 226 valence electrons. The summed E-state index contributed by atoms with van der Waals surface area (Å²) in [5, 5.41) is 3.01. The quantitative estimate of drug-likeness (QED) is 0.308. The van der Waals surface area contributed by atoms with Gasteiger partial charge in [-0.2, -0.15) is 4.98 Å². The minimum absolute atomic E-state index is 0.0217. The lowest BCUT2D eigenvalue weighted by Crippen LogP contribution is -2.45. The molecule has 3 aromatic rings. The molecular formula is C27H27BrClF3N4O6. The molecule has 15 heteroatoms. The van der Waals surface area contributed by atoms with Gasteiger partial charge in [-0.25, -0.2) is 0 Å². The number of halogens is 5. The van der Waals surface area contributed by atoms with E-state index in [9.17, 15) is 22.8 Å². The Kier molecular flexibility index (Phi) is 9.70. The van der Waals surface area contributed by atoms with Crippen LogP contribution >= 0.6 is 27.5 Å². The third-order valence-electron chi connectivity index (χ3n) is 5.99. The summed E-state index contributed by atoms with van der Waals surface area (Å²) >= 11 is 9.37. The summed E-state index contributed by atoms with van der Waals surface area (Å²) in [5.41, 5.74) is 0.745. The maximum atomic E-state index is 14.0. The van der Waals surface area contributed by atoms with Gasteiger partial charge in [-0.15, -0.1) is 13.2 Å². The Labute approximate surface area is 252 Å². The molecule has 1 unspecified atom stereocenters. The lowest BCUT2D eigenvalue weighted by atomic mass is 10.2. The summed E-state index contributed by atoms with van der Waals surface area (Å²) in [6.07, 6.45) is -5.40. The van der Waals surface area contributed by atoms with Crippen LogP contribution in [0, 0.1) is 0 Å². The van der Waals surface area contributed by atoms with Gasteiger partial charge in [0, 0.05) is 18.1 Å². The van der Waals surface area contributed by atoms with Gasteiger partial charge in [-0.3, -0.25) is 14.2 Å². The van der Waals surface area contributed by atoms with E-state index in [4.69, 9.17) is 25.8 Å². The predicted octanol–water partition coefficient (Wildman–Crippen LogP) is 5.38. The summed E-state index contributed by atoms with van der Waals surface area (Å²) in [4.78, 5) is 32.1. The van der Waals surface area contributed by atoms with Gasteiger partial charge >= 0.3 is 12.4 Å². The molecule has 0 bridgehead atoms. The second kappa shape index (κ2) is 12.9. The zero-order valence-corrected chi connectivity index (χ0v) is 25.0. The molecule has 0 saturated carbocycles. The number of aromatic nitrogens is 2. The molecule has 0 aliphatic carbocycles.